The van der Waals surface area contributed by atoms with Gasteiger partial charge in [-0.2, -0.15) is 0 Å². The number of benzene rings is 2. The average molecular weight is 344 g/mol. The lowest BCUT2D eigenvalue weighted by Crippen LogP contribution is -2.22. The normalized spacial score (nSPS) is 17.8. The van der Waals surface area contributed by atoms with Crippen LogP contribution in [-0.4, -0.2) is 17.9 Å². The largest absolute Gasteiger partial charge is 0.350 e. The summed E-state index contributed by atoms with van der Waals surface area (Å²) >= 11 is 0. The van der Waals surface area contributed by atoms with Crippen LogP contribution in [0.25, 0.3) is 12.2 Å². The van der Waals surface area contributed by atoms with Crippen molar-refractivity contribution in [2.45, 2.75) is 25.3 Å². The number of rotatable bonds is 4. The molecule has 130 valence electrons. The van der Waals surface area contributed by atoms with E-state index in [-0.39, 0.29) is 11.8 Å². The van der Waals surface area contributed by atoms with Crippen molar-refractivity contribution >= 4 is 29.7 Å². The van der Waals surface area contributed by atoms with Crippen LogP contribution in [-0.2, 0) is 16.0 Å². The van der Waals surface area contributed by atoms with Gasteiger partial charge >= 0.3 is 0 Å². The van der Waals surface area contributed by atoms with Crippen molar-refractivity contribution in [1.82, 2.24) is 5.32 Å². The van der Waals surface area contributed by atoms with Gasteiger partial charge in [0.25, 0.3) is 5.91 Å². The van der Waals surface area contributed by atoms with Gasteiger partial charge < -0.3 is 10.6 Å². The molecule has 0 bridgehead atoms. The van der Waals surface area contributed by atoms with Gasteiger partial charge in [-0.05, 0) is 47.8 Å². The van der Waals surface area contributed by atoms with Crippen LogP contribution in [0.1, 0.15) is 29.5 Å². The predicted molar refractivity (Wildman–Crippen MR) is 103 cm³/mol. The molecule has 2 aromatic carbocycles. The number of nitrogens with one attached hydrogen (secondary N) is 2. The second-order valence-electron chi connectivity index (χ2n) is 6.70. The van der Waals surface area contributed by atoms with Gasteiger partial charge in [0.1, 0.15) is 0 Å². The van der Waals surface area contributed by atoms with Crippen molar-refractivity contribution in [3.8, 4) is 0 Å². The fraction of sp³-hybridized carbons (Fsp3) is 0.182. The lowest BCUT2D eigenvalue weighted by molar-refractivity contribution is -0.116. The van der Waals surface area contributed by atoms with Gasteiger partial charge in [-0.1, -0.05) is 42.5 Å². The van der Waals surface area contributed by atoms with Gasteiger partial charge in [-0.15, -0.1) is 0 Å². The quantitative estimate of drug-likeness (QED) is 0.833. The van der Waals surface area contributed by atoms with Crippen LogP contribution in [0.3, 0.4) is 0 Å². The smallest absolute Gasteiger partial charge is 0.251 e. The van der Waals surface area contributed by atoms with Crippen molar-refractivity contribution in [1.29, 1.82) is 0 Å². The summed E-state index contributed by atoms with van der Waals surface area (Å²) in [5.74, 6) is -0.145. The summed E-state index contributed by atoms with van der Waals surface area (Å²) in [6.07, 6.45) is 8.01. The Hall–Kier alpha value is -3.14. The topological polar surface area (TPSA) is 58.2 Å². The molecule has 0 unspecified atom stereocenters. The standard InChI is InChI=1S/C22H20N2O2/c25-21(23-19-10-11-19)12-9-15-5-1-2-6-16(15)13-18-14-17-7-3-4-8-20(17)24-22(18)26/h1-9,12-13,19H,10-11,14H2,(H,23,25)(H,24,26)/b12-9+,18-13+. The number of fused-ring (bicyclic) bond motifs is 1. The molecule has 1 aliphatic carbocycles. The molecular weight excluding hydrogens is 324 g/mol. The molecule has 0 atom stereocenters. The van der Waals surface area contributed by atoms with Gasteiger partial charge in [0.2, 0.25) is 5.91 Å². The molecule has 1 heterocycles. The monoisotopic (exact) mass is 344 g/mol. The number of para-hydroxylation sites is 1. The minimum Gasteiger partial charge on any atom is -0.350 e. The molecule has 2 aromatic rings. The molecule has 0 spiro atoms. The van der Waals surface area contributed by atoms with E-state index in [9.17, 15) is 9.59 Å². The van der Waals surface area contributed by atoms with Crippen LogP contribution < -0.4 is 10.6 Å². The van der Waals surface area contributed by atoms with Gasteiger partial charge in [0.05, 0.1) is 0 Å². The number of hydrogen-bond acceptors (Lipinski definition) is 2. The van der Waals surface area contributed by atoms with E-state index in [0.29, 0.717) is 18.0 Å². The van der Waals surface area contributed by atoms with E-state index in [4.69, 9.17) is 0 Å². The van der Waals surface area contributed by atoms with E-state index in [1.54, 1.807) is 12.2 Å². The molecular formula is C22H20N2O2. The highest BCUT2D eigenvalue weighted by atomic mass is 16.2. The molecule has 4 rings (SSSR count). The molecule has 1 saturated carbocycles. The maximum absolute atomic E-state index is 12.4. The van der Waals surface area contributed by atoms with E-state index in [0.717, 1.165) is 35.2 Å². The average Bonchev–Trinajstić information content (AvgIpc) is 3.45. The van der Waals surface area contributed by atoms with Gasteiger partial charge in [0, 0.05) is 29.8 Å². The minimum absolute atomic E-state index is 0.0701. The van der Waals surface area contributed by atoms with E-state index in [1.807, 2.05) is 54.6 Å². The Morgan fingerprint density at radius 1 is 1.04 bits per heavy atom. The zero-order valence-electron chi connectivity index (χ0n) is 14.4. The molecule has 0 saturated heterocycles. The minimum atomic E-state index is -0.0750. The highest BCUT2D eigenvalue weighted by molar-refractivity contribution is 6.09. The first-order valence-corrected chi connectivity index (χ1v) is 8.86. The second kappa shape index (κ2) is 7.00. The van der Waals surface area contributed by atoms with Gasteiger partial charge in [-0.25, -0.2) is 0 Å². The van der Waals surface area contributed by atoms with Crippen molar-refractivity contribution in [3.63, 3.8) is 0 Å². The molecule has 0 radical (unpaired) electrons. The number of carbonyl (C=O) groups is 2. The van der Waals surface area contributed by atoms with Crippen molar-refractivity contribution in [3.05, 3.63) is 76.9 Å². The van der Waals surface area contributed by atoms with Crippen LogP contribution in [0.15, 0.2) is 60.2 Å². The number of carbonyl (C=O) groups excluding carboxylic acids is 2. The van der Waals surface area contributed by atoms with Gasteiger partial charge in [0.15, 0.2) is 0 Å². The zero-order chi connectivity index (χ0) is 17.9. The van der Waals surface area contributed by atoms with Crippen molar-refractivity contribution in [2.75, 3.05) is 5.32 Å². The molecule has 4 heteroatoms. The first kappa shape index (κ1) is 16.3. The van der Waals surface area contributed by atoms with Crippen molar-refractivity contribution in [2.24, 2.45) is 0 Å². The Bertz CT molecular complexity index is 923. The number of amides is 2. The van der Waals surface area contributed by atoms with Crippen LogP contribution in [0.2, 0.25) is 0 Å². The summed E-state index contributed by atoms with van der Waals surface area (Å²) < 4.78 is 0. The fourth-order valence-corrected chi connectivity index (χ4v) is 3.03. The van der Waals surface area contributed by atoms with Crippen LogP contribution in [0.4, 0.5) is 5.69 Å². The fourth-order valence-electron chi connectivity index (χ4n) is 3.03. The van der Waals surface area contributed by atoms with Crippen LogP contribution in [0.5, 0.6) is 0 Å². The Morgan fingerprint density at radius 3 is 2.58 bits per heavy atom. The molecule has 0 aromatic heterocycles. The zero-order valence-corrected chi connectivity index (χ0v) is 14.4. The highest BCUT2D eigenvalue weighted by Gasteiger charge is 2.22. The third-order valence-electron chi connectivity index (χ3n) is 4.60. The third kappa shape index (κ3) is 3.75. The summed E-state index contributed by atoms with van der Waals surface area (Å²) in [7, 11) is 0. The molecule has 1 aliphatic heterocycles. The second-order valence-corrected chi connectivity index (χ2v) is 6.70. The summed E-state index contributed by atoms with van der Waals surface area (Å²) in [6, 6.07) is 15.9. The summed E-state index contributed by atoms with van der Waals surface area (Å²) in [4.78, 5) is 24.3. The van der Waals surface area contributed by atoms with E-state index in [2.05, 4.69) is 10.6 Å². The molecule has 2 aliphatic rings. The Kier molecular flexibility index (Phi) is 4.40. The first-order valence-electron chi connectivity index (χ1n) is 8.86. The van der Waals surface area contributed by atoms with E-state index < -0.39 is 0 Å². The molecule has 4 nitrogen and oxygen atoms in total. The van der Waals surface area contributed by atoms with Crippen LogP contribution in [0, 0.1) is 0 Å². The predicted octanol–water partition coefficient (Wildman–Crippen LogP) is 3.56. The number of hydrogen-bond donors (Lipinski definition) is 2. The molecule has 1 fully saturated rings. The lowest BCUT2D eigenvalue weighted by atomic mass is 9.95. The summed E-state index contributed by atoms with van der Waals surface area (Å²) in [5, 5.41) is 5.88. The molecule has 26 heavy (non-hydrogen) atoms. The molecule has 2 N–H and O–H groups in total. The third-order valence-corrected chi connectivity index (χ3v) is 4.60. The Labute approximate surface area is 152 Å². The number of anilines is 1. The maximum Gasteiger partial charge on any atom is 0.251 e. The molecule has 2 amide bonds. The SMILES string of the molecule is O=C(/C=C/c1ccccc1/C=C1\Cc2ccccc2NC1=O)NC1CC1. The highest BCUT2D eigenvalue weighted by Crippen LogP contribution is 2.27. The van der Waals surface area contributed by atoms with E-state index >= 15 is 0 Å². The van der Waals surface area contributed by atoms with Crippen molar-refractivity contribution < 1.29 is 9.59 Å². The van der Waals surface area contributed by atoms with E-state index in [1.165, 1.54) is 0 Å². The van der Waals surface area contributed by atoms with Crippen LogP contribution >= 0.6 is 0 Å². The summed E-state index contributed by atoms with van der Waals surface area (Å²) in [5.41, 5.74) is 4.53. The summed E-state index contributed by atoms with van der Waals surface area (Å²) in [6.45, 7) is 0. The Morgan fingerprint density at radius 2 is 1.77 bits per heavy atom. The first-order chi connectivity index (χ1) is 12.7. The Balaban J connectivity index is 1.58. The lowest BCUT2D eigenvalue weighted by Gasteiger charge is -2.19. The maximum atomic E-state index is 12.4. The van der Waals surface area contributed by atoms with Gasteiger partial charge in [-0.3, -0.25) is 9.59 Å².